The van der Waals surface area contributed by atoms with Crippen LogP contribution in [0.4, 0.5) is 4.79 Å². The number of fused-ring (bicyclic) bond motifs is 4. The second-order valence-corrected chi connectivity index (χ2v) is 8.41. The van der Waals surface area contributed by atoms with E-state index >= 15 is 0 Å². The number of aliphatic carboxylic acids is 1. The topological polar surface area (TPSA) is 66.8 Å². The van der Waals surface area contributed by atoms with Crippen molar-refractivity contribution in [2.24, 2.45) is 5.92 Å². The van der Waals surface area contributed by atoms with Crippen LogP contribution in [-0.2, 0) is 9.53 Å². The molecule has 1 N–H and O–H groups in total. The van der Waals surface area contributed by atoms with Crippen LogP contribution in [0, 0.1) is 5.92 Å². The quantitative estimate of drug-likeness (QED) is 0.827. The summed E-state index contributed by atoms with van der Waals surface area (Å²) in [6, 6.07) is 15.7. The zero-order valence-corrected chi connectivity index (χ0v) is 16.3. The number of carbonyl (C=O) groups excluding carboxylic acids is 1. The van der Waals surface area contributed by atoms with Crippen LogP contribution in [0.2, 0.25) is 0 Å². The van der Waals surface area contributed by atoms with Gasteiger partial charge in [0.15, 0.2) is 0 Å². The largest absolute Gasteiger partial charge is 0.480 e. The molecule has 0 radical (unpaired) electrons. The molecule has 150 valence electrons. The van der Waals surface area contributed by atoms with Crippen LogP contribution in [-0.4, -0.2) is 40.8 Å². The van der Waals surface area contributed by atoms with E-state index in [-0.39, 0.29) is 24.5 Å². The maximum absolute atomic E-state index is 13.0. The second-order valence-electron chi connectivity index (χ2n) is 8.41. The van der Waals surface area contributed by atoms with Crippen LogP contribution in [0.5, 0.6) is 0 Å². The van der Waals surface area contributed by atoms with Gasteiger partial charge >= 0.3 is 12.1 Å². The van der Waals surface area contributed by atoms with Gasteiger partial charge < -0.3 is 9.84 Å². The molecule has 1 saturated heterocycles. The molecule has 5 heteroatoms. The van der Waals surface area contributed by atoms with Gasteiger partial charge in [-0.15, -0.1) is 0 Å². The predicted molar refractivity (Wildman–Crippen MR) is 109 cm³/mol. The van der Waals surface area contributed by atoms with Gasteiger partial charge in [0.1, 0.15) is 12.6 Å². The van der Waals surface area contributed by atoms with Crippen molar-refractivity contribution < 1.29 is 19.4 Å². The number of nitrogens with zero attached hydrogens (tertiary/aromatic N) is 1. The van der Waals surface area contributed by atoms with E-state index in [4.69, 9.17) is 4.74 Å². The van der Waals surface area contributed by atoms with Gasteiger partial charge in [0.05, 0.1) is 0 Å². The summed E-state index contributed by atoms with van der Waals surface area (Å²) in [5, 5.41) is 9.67. The van der Waals surface area contributed by atoms with Crippen LogP contribution in [0.3, 0.4) is 0 Å². The average Bonchev–Trinajstić information content (AvgIpc) is 3.29. The molecule has 3 aliphatic rings. The Morgan fingerprint density at radius 3 is 2.24 bits per heavy atom. The summed E-state index contributed by atoms with van der Waals surface area (Å²) in [5.41, 5.74) is 4.68. The van der Waals surface area contributed by atoms with E-state index < -0.39 is 18.1 Å². The highest BCUT2D eigenvalue weighted by molar-refractivity contribution is 5.82. The number of ether oxygens (including phenoxy) is 1. The molecule has 2 fully saturated rings. The van der Waals surface area contributed by atoms with Gasteiger partial charge in [-0.3, -0.25) is 4.90 Å². The van der Waals surface area contributed by atoms with E-state index in [0.29, 0.717) is 6.42 Å². The number of amides is 1. The van der Waals surface area contributed by atoms with Crippen LogP contribution in [0.1, 0.15) is 49.1 Å². The van der Waals surface area contributed by atoms with Crippen molar-refractivity contribution in [3.63, 3.8) is 0 Å². The van der Waals surface area contributed by atoms with E-state index in [2.05, 4.69) is 24.3 Å². The molecule has 2 aromatic carbocycles. The fourth-order valence-electron chi connectivity index (χ4n) is 5.61. The van der Waals surface area contributed by atoms with E-state index in [1.165, 1.54) is 16.0 Å². The molecular formula is C24H25NO4. The third-order valence-electron chi connectivity index (χ3n) is 6.92. The Balaban J connectivity index is 1.37. The Bertz CT molecular complexity index is 910. The first-order valence-electron chi connectivity index (χ1n) is 10.5. The molecule has 1 heterocycles. The highest BCUT2D eigenvalue weighted by Crippen LogP contribution is 2.45. The number of carbonyl (C=O) groups is 2. The lowest BCUT2D eigenvalue weighted by Crippen LogP contribution is -2.46. The van der Waals surface area contributed by atoms with Crippen molar-refractivity contribution >= 4 is 12.1 Å². The molecule has 0 aromatic heterocycles. The Morgan fingerprint density at radius 1 is 0.966 bits per heavy atom. The Hall–Kier alpha value is -2.82. The van der Waals surface area contributed by atoms with E-state index in [1.54, 1.807) is 0 Å². The fourth-order valence-corrected chi connectivity index (χ4v) is 5.61. The average molecular weight is 391 g/mol. The third-order valence-corrected chi connectivity index (χ3v) is 6.92. The maximum atomic E-state index is 13.0. The summed E-state index contributed by atoms with van der Waals surface area (Å²) in [6.07, 6.45) is 4.10. The van der Waals surface area contributed by atoms with Crippen molar-refractivity contribution in [3.05, 3.63) is 59.7 Å². The van der Waals surface area contributed by atoms with Crippen molar-refractivity contribution in [2.45, 2.75) is 50.1 Å². The minimum absolute atomic E-state index is 0.000463. The minimum atomic E-state index is -0.923. The third kappa shape index (κ3) is 3.00. The SMILES string of the molecule is O=C(O)[C@H]1C[C@H]2CCCC[C@H]2N1C(=O)OCC1c2ccccc2-c2ccccc21. The summed E-state index contributed by atoms with van der Waals surface area (Å²) in [7, 11) is 0. The van der Waals surface area contributed by atoms with Crippen LogP contribution >= 0.6 is 0 Å². The lowest BCUT2D eigenvalue weighted by Gasteiger charge is -2.32. The first kappa shape index (κ1) is 18.2. The van der Waals surface area contributed by atoms with E-state index in [9.17, 15) is 14.7 Å². The molecule has 1 saturated carbocycles. The summed E-state index contributed by atoms with van der Waals surface area (Å²) in [6.45, 7) is 0.229. The second kappa shape index (κ2) is 7.21. The number of hydrogen-bond acceptors (Lipinski definition) is 3. The maximum Gasteiger partial charge on any atom is 0.410 e. The van der Waals surface area contributed by atoms with Gasteiger partial charge in [-0.25, -0.2) is 9.59 Å². The number of likely N-dealkylation sites (tertiary alicyclic amines) is 1. The Labute approximate surface area is 170 Å². The molecule has 2 aromatic rings. The summed E-state index contributed by atoms with van der Waals surface area (Å²) in [5.74, 6) is -0.655. The fraction of sp³-hybridized carbons (Fsp3) is 0.417. The Kier molecular flexibility index (Phi) is 4.53. The van der Waals surface area contributed by atoms with Gasteiger partial charge in [-0.05, 0) is 47.4 Å². The number of carboxylic acids is 1. The lowest BCUT2D eigenvalue weighted by molar-refractivity contribution is -0.142. The smallest absolute Gasteiger partial charge is 0.410 e. The standard InChI is InChI=1S/C24H25NO4/c26-23(27)22-13-15-7-1-6-12-21(15)25(22)24(28)29-14-20-18-10-4-2-8-16(18)17-9-3-5-11-19(17)20/h2-5,8-11,15,20-22H,1,6-7,12-14H2,(H,26,27)/t15-,21-,22-/m1/s1. The monoisotopic (exact) mass is 391 g/mol. The van der Waals surface area contributed by atoms with Gasteiger partial charge in [-0.2, -0.15) is 0 Å². The van der Waals surface area contributed by atoms with Crippen molar-refractivity contribution in [2.75, 3.05) is 6.61 Å². The molecule has 5 rings (SSSR count). The van der Waals surface area contributed by atoms with Gasteiger partial charge in [0.25, 0.3) is 0 Å². The van der Waals surface area contributed by atoms with Crippen LogP contribution in [0.15, 0.2) is 48.5 Å². The summed E-state index contributed by atoms with van der Waals surface area (Å²) < 4.78 is 5.78. The van der Waals surface area contributed by atoms with Gasteiger partial charge in [0, 0.05) is 12.0 Å². The highest BCUT2D eigenvalue weighted by Gasteiger charge is 2.48. The number of rotatable bonds is 3. The molecule has 1 amide bonds. The molecule has 0 spiro atoms. The molecule has 1 aliphatic heterocycles. The van der Waals surface area contributed by atoms with Crippen molar-refractivity contribution in [1.29, 1.82) is 0 Å². The van der Waals surface area contributed by atoms with Crippen molar-refractivity contribution in [3.8, 4) is 11.1 Å². The van der Waals surface area contributed by atoms with E-state index in [1.807, 2.05) is 24.3 Å². The Morgan fingerprint density at radius 2 is 1.59 bits per heavy atom. The molecule has 0 unspecified atom stereocenters. The minimum Gasteiger partial charge on any atom is -0.480 e. The number of hydrogen-bond donors (Lipinski definition) is 1. The zero-order valence-electron chi connectivity index (χ0n) is 16.3. The molecule has 0 bridgehead atoms. The lowest BCUT2D eigenvalue weighted by atomic mass is 9.85. The van der Waals surface area contributed by atoms with E-state index in [0.717, 1.165) is 36.8 Å². The van der Waals surface area contributed by atoms with Crippen LogP contribution < -0.4 is 0 Å². The van der Waals surface area contributed by atoms with Crippen LogP contribution in [0.25, 0.3) is 11.1 Å². The van der Waals surface area contributed by atoms with Gasteiger partial charge in [-0.1, -0.05) is 61.4 Å². The van der Waals surface area contributed by atoms with Crippen molar-refractivity contribution in [1.82, 2.24) is 4.90 Å². The molecule has 3 atom stereocenters. The summed E-state index contributed by atoms with van der Waals surface area (Å²) in [4.78, 5) is 26.4. The molecule has 2 aliphatic carbocycles. The molecule has 5 nitrogen and oxygen atoms in total. The first-order valence-corrected chi connectivity index (χ1v) is 10.5. The normalized spacial score (nSPS) is 25.2. The highest BCUT2D eigenvalue weighted by atomic mass is 16.6. The van der Waals surface area contributed by atoms with Gasteiger partial charge in [0.2, 0.25) is 0 Å². The molecule has 29 heavy (non-hydrogen) atoms. The molecular weight excluding hydrogens is 366 g/mol. The summed E-state index contributed by atoms with van der Waals surface area (Å²) >= 11 is 0. The number of benzene rings is 2. The first-order chi connectivity index (χ1) is 14.1. The number of carboxylic acid groups (broad SMARTS) is 1. The predicted octanol–water partition coefficient (Wildman–Crippen LogP) is 4.65. The zero-order chi connectivity index (χ0) is 20.0.